The number of aromatic nitrogens is 3. The summed E-state index contributed by atoms with van der Waals surface area (Å²) in [6.45, 7) is 8.39. The van der Waals surface area contributed by atoms with Gasteiger partial charge in [-0.25, -0.2) is 9.78 Å². The van der Waals surface area contributed by atoms with Crippen molar-refractivity contribution < 1.29 is 22.7 Å². The highest BCUT2D eigenvalue weighted by atomic mass is 19.4. The molecule has 3 aromatic rings. The molecule has 0 bridgehead atoms. The first kappa shape index (κ1) is 25.2. The first-order valence-corrected chi connectivity index (χ1v) is 11.8. The van der Waals surface area contributed by atoms with Gasteiger partial charge in [-0.3, -0.25) is 9.80 Å². The maximum atomic E-state index is 13.0. The number of aryl methyl sites for hydroxylation is 1. The summed E-state index contributed by atoms with van der Waals surface area (Å²) in [5.41, 5.74) is 4.98. The van der Waals surface area contributed by atoms with E-state index in [1.807, 2.05) is 57.6 Å². The number of alkyl halides is 3. The van der Waals surface area contributed by atoms with Gasteiger partial charge in [0.2, 0.25) is 0 Å². The van der Waals surface area contributed by atoms with Gasteiger partial charge in [-0.2, -0.15) is 13.2 Å². The average molecular weight is 492 g/mol. The fraction of sp³-hybridized carbons (Fsp3) is 0.520. The quantitative estimate of drug-likeness (QED) is 0.477. The zero-order valence-electron chi connectivity index (χ0n) is 20.8. The molecule has 4 rings (SSSR count). The van der Waals surface area contributed by atoms with Gasteiger partial charge in [-0.05, 0) is 45.4 Å². The number of carbonyl (C=O) groups is 1. The molecule has 4 heterocycles. The van der Waals surface area contributed by atoms with Crippen LogP contribution in [-0.2, 0) is 11.8 Å². The third kappa shape index (κ3) is 5.38. The number of fused-ring (bicyclic) bond motifs is 1. The molecule has 0 aromatic carbocycles. The third-order valence-corrected chi connectivity index (χ3v) is 6.62. The number of rotatable bonds is 6. The van der Waals surface area contributed by atoms with Crippen molar-refractivity contribution in [2.24, 2.45) is 7.05 Å². The zero-order chi connectivity index (χ0) is 25.5. The van der Waals surface area contributed by atoms with Crippen LogP contribution >= 0.6 is 0 Å². The highest BCUT2D eigenvalue weighted by molar-refractivity contribution is 5.93. The largest absolute Gasteiger partial charge is 0.459 e. The summed E-state index contributed by atoms with van der Waals surface area (Å²) in [7, 11) is 1.92. The lowest BCUT2D eigenvalue weighted by molar-refractivity contribution is -0.149. The minimum atomic E-state index is -4.20. The lowest BCUT2D eigenvalue weighted by atomic mass is 10.0. The van der Waals surface area contributed by atoms with Gasteiger partial charge in [0.05, 0.1) is 36.4 Å². The van der Waals surface area contributed by atoms with Gasteiger partial charge in [0.25, 0.3) is 0 Å². The number of piperazine rings is 1. The monoisotopic (exact) mass is 491 g/mol. The molecule has 0 radical (unpaired) electrons. The number of imidazole rings is 1. The minimum Gasteiger partial charge on any atom is -0.459 e. The number of pyridine rings is 1. The molecule has 0 aliphatic carbocycles. The highest BCUT2D eigenvalue weighted by Crippen LogP contribution is 2.32. The van der Waals surface area contributed by atoms with E-state index >= 15 is 0 Å². The molecule has 1 aliphatic heterocycles. The van der Waals surface area contributed by atoms with Crippen LogP contribution in [0.5, 0.6) is 0 Å². The van der Waals surface area contributed by atoms with Gasteiger partial charge >= 0.3 is 12.1 Å². The summed E-state index contributed by atoms with van der Waals surface area (Å²) in [6.07, 6.45) is 1.10. The molecule has 10 heteroatoms. The standard InChI is InChI=1S/C25H32F3N5O2/c1-16(2)35-24(34)21-11-20-10-19(22-12-29-15-30(22)5)13-33(20)23(17(21)3)18(4)32-8-6-31(7-9-32)14-25(26,27)28/h10-13,15-16,18H,6-9,14H2,1-5H3. The van der Waals surface area contributed by atoms with Crippen molar-refractivity contribution in [1.29, 1.82) is 0 Å². The van der Waals surface area contributed by atoms with Crippen molar-refractivity contribution in [1.82, 2.24) is 23.8 Å². The molecule has 1 aliphatic rings. The maximum absolute atomic E-state index is 13.0. The predicted molar refractivity (Wildman–Crippen MR) is 127 cm³/mol. The van der Waals surface area contributed by atoms with Crippen molar-refractivity contribution in [2.45, 2.75) is 46.0 Å². The number of esters is 1. The van der Waals surface area contributed by atoms with Gasteiger partial charge in [0, 0.05) is 62.2 Å². The molecule has 0 N–H and O–H groups in total. The average Bonchev–Trinajstić information content (AvgIpc) is 3.37. The number of hydrogen-bond acceptors (Lipinski definition) is 5. The molecule has 0 saturated carbocycles. The van der Waals surface area contributed by atoms with Gasteiger partial charge in [0.15, 0.2) is 0 Å². The number of ether oxygens (including phenoxy) is 1. The van der Waals surface area contributed by atoms with E-state index in [0.717, 1.165) is 28.0 Å². The van der Waals surface area contributed by atoms with Crippen LogP contribution in [0, 0.1) is 6.92 Å². The van der Waals surface area contributed by atoms with Gasteiger partial charge in [-0.15, -0.1) is 0 Å². The van der Waals surface area contributed by atoms with Crippen molar-refractivity contribution in [3.63, 3.8) is 0 Å². The van der Waals surface area contributed by atoms with E-state index in [0.29, 0.717) is 31.7 Å². The summed E-state index contributed by atoms with van der Waals surface area (Å²) >= 11 is 0. The third-order valence-electron chi connectivity index (χ3n) is 6.62. The fourth-order valence-corrected chi connectivity index (χ4v) is 4.89. The molecule has 1 atom stereocenters. The number of nitrogens with zero attached hydrogens (tertiary/aromatic N) is 5. The first-order chi connectivity index (χ1) is 16.4. The smallest absolute Gasteiger partial charge is 0.401 e. The van der Waals surface area contributed by atoms with E-state index in [2.05, 4.69) is 14.3 Å². The summed E-state index contributed by atoms with van der Waals surface area (Å²) in [6, 6.07) is 3.74. The van der Waals surface area contributed by atoms with Gasteiger partial charge in [-0.1, -0.05) is 0 Å². The Labute approximate surface area is 203 Å². The number of carbonyl (C=O) groups excluding carboxylic acids is 1. The van der Waals surface area contributed by atoms with Crippen LogP contribution in [0.3, 0.4) is 0 Å². The first-order valence-electron chi connectivity index (χ1n) is 11.8. The second-order valence-electron chi connectivity index (χ2n) is 9.54. The normalized spacial score (nSPS) is 16.8. The minimum absolute atomic E-state index is 0.121. The topological polar surface area (TPSA) is 55.0 Å². The van der Waals surface area contributed by atoms with Crippen LogP contribution in [-0.4, -0.2) is 74.7 Å². The van der Waals surface area contributed by atoms with Crippen LogP contribution in [0.2, 0.25) is 0 Å². The summed E-state index contributed by atoms with van der Waals surface area (Å²) in [5.74, 6) is -0.383. The second-order valence-corrected chi connectivity index (χ2v) is 9.54. The summed E-state index contributed by atoms with van der Waals surface area (Å²) in [4.78, 5) is 20.8. The van der Waals surface area contributed by atoms with Crippen LogP contribution in [0.4, 0.5) is 13.2 Å². The van der Waals surface area contributed by atoms with Crippen molar-refractivity contribution in [3.8, 4) is 11.3 Å². The van der Waals surface area contributed by atoms with E-state index in [1.165, 1.54) is 4.90 Å². The van der Waals surface area contributed by atoms with Crippen molar-refractivity contribution >= 4 is 11.5 Å². The molecule has 0 spiro atoms. The molecule has 1 unspecified atom stereocenters. The Hall–Kier alpha value is -2.85. The molecular formula is C25H32F3N5O2. The maximum Gasteiger partial charge on any atom is 0.401 e. The van der Waals surface area contributed by atoms with E-state index in [-0.39, 0.29) is 18.1 Å². The van der Waals surface area contributed by atoms with E-state index in [1.54, 1.807) is 12.5 Å². The SMILES string of the molecule is Cc1c(C(=O)OC(C)C)cc2cc(-c3cncn3C)cn2c1C(C)N1CCN(CC(F)(F)F)CC1. The molecule has 7 nitrogen and oxygen atoms in total. The lowest BCUT2D eigenvalue weighted by Crippen LogP contribution is -2.49. The van der Waals surface area contributed by atoms with Crippen LogP contribution < -0.4 is 0 Å². The predicted octanol–water partition coefficient (Wildman–Crippen LogP) is 4.45. The molecule has 35 heavy (non-hydrogen) atoms. The lowest BCUT2D eigenvalue weighted by Gasteiger charge is -2.39. The van der Waals surface area contributed by atoms with Crippen molar-refractivity contribution in [3.05, 3.63) is 47.7 Å². The molecule has 1 saturated heterocycles. The fourth-order valence-electron chi connectivity index (χ4n) is 4.89. The van der Waals surface area contributed by atoms with Gasteiger partial charge in [0.1, 0.15) is 0 Å². The molecular weight excluding hydrogens is 459 g/mol. The number of hydrogen-bond donors (Lipinski definition) is 0. The van der Waals surface area contributed by atoms with E-state index < -0.39 is 12.7 Å². The Morgan fingerprint density at radius 3 is 2.40 bits per heavy atom. The van der Waals surface area contributed by atoms with Gasteiger partial charge < -0.3 is 13.7 Å². The summed E-state index contributed by atoms with van der Waals surface area (Å²) < 4.78 is 48.0. The van der Waals surface area contributed by atoms with Crippen molar-refractivity contribution in [2.75, 3.05) is 32.7 Å². The second kappa shape index (κ2) is 9.66. The summed E-state index contributed by atoms with van der Waals surface area (Å²) in [5, 5.41) is 0. The number of halogens is 3. The highest BCUT2D eigenvalue weighted by Gasteiger charge is 2.34. The molecule has 190 valence electrons. The Balaban J connectivity index is 1.73. The Morgan fingerprint density at radius 1 is 1.14 bits per heavy atom. The van der Waals surface area contributed by atoms with Crippen LogP contribution in [0.15, 0.2) is 30.9 Å². The molecule has 0 amide bonds. The van der Waals surface area contributed by atoms with Crippen LogP contribution in [0.1, 0.15) is 48.4 Å². The Kier molecular flexibility index (Phi) is 6.97. The Bertz CT molecular complexity index is 1210. The van der Waals surface area contributed by atoms with E-state index in [9.17, 15) is 18.0 Å². The zero-order valence-corrected chi connectivity index (χ0v) is 20.8. The molecule has 3 aromatic heterocycles. The van der Waals surface area contributed by atoms with E-state index in [4.69, 9.17) is 4.74 Å². The van der Waals surface area contributed by atoms with Crippen LogP contribution in [0.25, 0.3) is 16.8 Å². The molecule has 1 fully saturated rings. The Morgan fingerprint density at radius 2 is 1.83 bits per heavy atom.